The first kappa shape index (κ1) is 6.26. The molecule has 0 spiro atoms. The fourth-order valence-electron chi connectivity index (χ4n) is 2.36. The SMILES string of the molecule is CC1(C)CC2CC1C=C2O. The van der Waals surface area contributed by atoms with Gasteiger partial charge in [0.25, 0.3) is 0 Å². The first-order chi connectivity index (χ1) is 4.59. The highest BCUT2D eigenvalue weighted by atomic mass is 16.3. The van der Waals surface area contributed by atoms with Crippen LogP contribution in [0.4, 0.5) is 0 Å². The van der Waals surface area contributed by atoms with Crippen LogP contribution in [0.2, 0.25) is 0 Å². The number of rotatable bonds is 0. The van der Waals surface area contributed by atoms with Crippen LogP contribution in [0.15, 0.2) is 11.8 Å². The summed E-state index contributed by atoms with van der Waals surface area (Å²) in [6.45, 7) is 4.58. The van der Waals surface area contributed by atoms with Crippen molar-refractivity contribution in [1.29, 1.82) is 0 Å². The van der Waals surface area contributed by atoms with Crippen LogP contribution in [0.3, 0.4) is 0 Å². The second-order valence-electron chi connectivity index (χ2n) is 4.32. The van der Waals surface area contributed by atoms with Crippen molar-refractivity contribution < 1.29 is 5.11 Å². The van der Waals surface area contributed by atoms with Gasteiger partial charge >= 0.3 is 0 Å². The standard InChI is InChI=1S/C9H14O/c1-9(2)5-6-3-7(9)4-8(6)10/h4,6-7,10H,3,5H2,1-2H3. The van der Waals surface area contributed by atoms with Crippen LogP contribution >= 0.6 is 0 Å². The number of hydrogen-bond acceptors (Lipinski definition) is 1. The lowest BCUT2D eigenvalue weighted by molar-refractivity contribution is 0.258. The first-order valence-electron chi connectivity index (χ1n) is 4.00. The minimum absolute atomic E-state index is 0.455. The van der Waals surface area contributed by atoms with Gasteiger partial charge in [-0.3, -0.25) is 0 Å². The minimum atomic E-state index is 0.455. The zero-order valence-electron chi connectivity index (χ0n) is 6.59. The Morgan fingerprint density at radius 2 is 2.30 bits per heavy atom. The Labute approximate surface area is 61.8 Å². The molecule has 2 aliphatic rings. The van der Waals surface area contributed by atoms with E-state index in [2.05, 4.69) is 13.8 Å². The largest absolute Gasteiger partial charge is 0.512 e. The molecule has 1 fully saturated rings. The molecule has 1 N–H and O–H groups in total. The maximum atomic E-state index is 9.31. The van der Waals surface area contributed by atoms with Gasteiger partial charge < -0.3 is 5.11 Å². The quantitative estimate of drug-likeness (QED) is 0.545. The molecule has 2 aliphatic carbocycles. The molecule has 10 heavy (non-hydrogen) atoms. The summed E-state index contributed by atoms with van der Waals surface area (Å²) < 4.78 is 0. The van der Waals surface area contributed by atoms with E-state index < -0.39 is 0 Å². The van der Waals surface area contributed by atoms with Crippen LogP contribution in [0.1, 0.15) is 26.7 Å². The molecule has 0 aromatic rings. The molecule has 0 aliphatic heterocycles. The molecule has 1 saturated carbocycles. The van der Waals surface area contributed by atoms with Gasteiger partial charge in [0.15, 0.2) is 0 Å². The zero-order valence-corrected chi connectivity index (χ0v) is 6.59. The molecule has 2 bridgehead atoms. The third-order valence-corrected chi connectivity index (χ3v) is 3.10. The molecule has 0 aromatic heterocycles. The van der Waals surface area contributed by atoms with E-state index in [1.165, 1.54) is 12.8 Å². The zero-order chi connectivity index (χ0) is 7.35. The summed E-state index contributed by atoms with van der Waals surface area (Å²) in [7, 11) is 0. The Kier molecular flexibility index (Phi) is 0.988. The lowest BCUT2D eigenvalue weighted by atomic mass is 9.79. The predicted octanol–water partition coefficient (Wildman–Crippen LogP) is 2.49. The van der Waals surface area contributed by atoms with E-state index in [-0.39, 0.29) is 0 Å². The minimum Gasteiger partial charge on any atom is -0.512 e. The van der Waals surface area contributed by atoms with Crippen molar-refractivity contribution in [2.75, 3.05) is 0 Å². The maximum absolute atomic E-state index is 9.31. The average Bonchev–Trinajstić information content (AvgIpc) is 2.21. The second kappa shape index (κ2) is 1.58. The van der Waals surface area contributed by atoms with Gasteiger partial charge in [-0.2, -0.15) is 0 Å². The van der Waals surface area contributed by atoms with Crippen molar-refractivity contribution in [3.63, 3.8) is 0 Å². The molecule has 56 valence electrons. The third-order valence-electron chi connectivity index (χ3n) is 3.10. The molecule has 1 nitrogen and oxygen atoms in total. The van der Waals surface area contributed by atoms with Crippen LogP contribution < -0.4 is 0 Å². The van der Waals surface area contributed by atoms with Gasteiger partial charge in [0.05, 0.1) is 5.76 Å². The molecule has 0 radical (unpaired) electrons. The van der Waals surface area contributed by atoms with Gasteiger partial charge in [-0.05, 0) is 30.3 Å². The Bertz CT molecular complexity index is 191. The van der Waals surface area contributed by atoms with Crippen LogP contribution in [0, 0.1) is 17.3 Å². The van der Waals surface area contributed by atoms with Crippen molar-refractivity contribution in [2.45, 2.75) is 26.7 Å². The molecule has 2 unspecified atom stereocenters. The van der Waals surface area contributed by atoms with Crippen molar-refractivity contribution >= 4 is 0 Å². The van der Waals surface area contributed by atoms with E-state index in [1.54, 1.807) is 0 Å². The molecule has 1 heteroatoms. The number of allylic oxidation sites excluding steroid dienone is 2. The molecular formula is C9H14O. The van der Waals surface area contributed by atoms with Gasteiger partial charge in [-0.25, -0.2) is 0 Å². The Balaban J connectivity index is 2.30. The van der Waals surface area contributed by atoms with Crippen molar-refractivity contribution in [3.8, 4) is 0 Å². The fourth-order valence-corrected chi connectivity index (χ4v) is 2.36. The topological polar surface area (TPSA) is 20.2 Å². The molecule has 2 rings (SSSR count). The number of hydrogen-bond donors (Lipinski definition) is 1. The van der Waals surface area contributed by atoms with Crippen LogP contribution in [0.25, 0.3) is 0 Å². The van der Waals surface area contributed by atoms with Gasteiger partial charge in [0.2, 0.25) is 0 Å². The van der Waals surface area contributed by atoms with Crippen LogP contribution in [0.5, 0.6) is 0 Å². The summed E-state index contributed by atoms with van der Waals surface area (Å²) in [6.07, 6.45) is 4.42. The molecule has 0 amide bonds. The predicted molar refractivity (Wildman–Crippen MR) is 40.7 cm³/mol. The van der Waals surface area contributed by atoms with E-state index >= 15 is 0 Å². The van der Waals surface area contributed by atoms with Gasteiger partial charge in [-0.1, -0.05) is 13.8 Å². The average molecular weight is 138 g/mol. The summed E-state index contributed by atoms with van der Waals surface area (Å²) in [6, 6.07) is 0. The monoisotopic (exact) mass is 138 g/mol. The van der Waals surface area contributed by atoms with E-state index in [0.29, 0.717) is 23.0 Å². The summed E-state index contributed by atoms with van der Waals surface area (Å²) in [5.41, 5.74) is 0.455. The Morgan fingerprint density at radius 1 is 1.60 bits per heavy atom. The van der Waals surface area contributed by atoms with Crippen LogP contribution in [-0.4, -0.2) is 5.11 Å². The first-order valence-corrected chi connectivity index (χ1v) is 4.00. The molecular weight excluding hydrogens is 124 g/mol. The highest BCUT2D eigenvalue weighted by molar-refractivity contribution is 5.17. The highest BCUT2D eigenvalue weighted by Crippen LogP contribution is 2.53. The van der Waals surface area contributed by atoms with Gasteiger partial charge in [0.1, 0.15) is 0 Å². The Hall–Kier alpha value is -0.460. The van der Waals surface area contributed by atoms with Gasteiger partial charge in [-0.15, -0.1) is 0 Å². The van der Waals surface area contributed by atoms with E-state index in [4.69, 9.17) is 0 Å². The lowest BCUT2D eigenvalue weighted by Gasteiger charge is -2.26. The smallest absolute Gasteiger partial charge is 0.0917 e. The van der Waals surface area contributed by atoms with Crippen molar-refractivity contribution in [2.24, 2.45) is 17.3 Å². The lowest BCUT2D eigenvalue weighted by Crippen LogP contribution is -2.18. The maximum Gasteiger partial charge on any atom is 0.0917 e. The summed E-state index contributed by atoms with van der Waals surface area (Å²) in [4.78, 5) is 0. The summed E-state index contributed by atoms with van der Waals surface area (Å²) >= 11 is 0. The Morgan fingerprint density at radius 3 is 2.60 bits per heavy atom. The van der Waals surface area contributed by atoms with E-state index in [0.717, 1.165) is 0 Å². The van der Waals surface area contributed by atoms with E-state index in [1.807, 2.05) is 6.08 Å². The third kappa shape index (κ3) is 0.635. The molecule has 0 aromatic carbocycles. The van der Waals surface area contributed by atoms with Gasteiger partial charge in [0, 0.05) is 5.92 Å². The number of aliphatic hydroxyl groups excluding tert-OH is 1. The number of fused-ring (bicyclic) bond motifs is 2. The second-order valence-corrected chi connectivity index (χ2v) is 4.32. The number of aliphatic hydroxyl groups is 1. The highest BCUT2D eigenvalue weighted by Gasteiger charge is 2.45. The molecule has 0 saturated heterocycles. The van der Waals surface area contributed by atoms with E-state index in [9.17, 15) is 5.11 Å². The van der Waals surface area contributed by atoms with Crippen molar-refractivity contribution in [1.82, 2.24) is 0 Å². The summed E-state index contributed by atoms with van der Waals surface area (Å²) in [5.74, 6) is 1.81. The fraction of sp³-hybridized carbons (Fsp3) is 0.778. The summed E-state index contributed by atoms with van der Waals surface area (Å²) in [5, 5.41) is 9.31. The molecule has 2 atom stereocenters. The molecule has 0 heterocycles. The van der Waals surface area contributed by atoms with Crippen molar-refractivity contribution in [3.05, 3.63) is 11.8 Å². The normalized spacial score (nSPS) is 42.0. The van der Waals surface area contributed by atoms with Crippen LogP contribution in [-0.2, 0) is 0 Å².